The summed E-state index contributed by atoms with van der Waals surface area (Å²) in [4.78, 5) is 6.96. The Morgan fingerprint density at radius 1 is 1.29 bits per heavy atom. The summed E-state index contributed by atoms with van der Waals surface area (Å²) in [7, 11) is 0. The molecule has 0 amide bonds. The van der Waals surface area contributed by atoms with Crippen molar-refractivity contribution in [1.82, 2.24) is 24.8 Å². The number of piperidine rings is 1. The Hall–Kier alpha value is -2.21. The molecule has 1 saturated heterocycles. The molecule has 4 heterocycles. The van der Waals surface area contributed by atoms with Gasteiger partial charge in [0.25, 0.3) is 0 Å². The SMILES string of the molecule is CC1=NSC(N2C[C@H]3CC[C@@H](C2)[C@@H]3Nc2nc3c(OCCC(F)(F)F)cccn3n2)N1. The van der Waals surface area contributed by atoms with Crippen LogP contribution in [0, 0.1) is 11.8 Å². The van der Waals surface area contributed by atoms with E-state index in [1.54, 1.807) is 34.8 Å². The molecule has 31 heavy (non-hydrogen) atoms. The molecule has 3 aliphatic rings. The van der Waals surface area contributed by atoms with E-state index >= 15 is 0 Å². The summed E-state index contributed by atoms with van der Waals surface area (Å²) in [5.74, 6) is 2.71. The first-order valence-corrected chi connectivity index (χ1v) is 11.2. The van der Waals surface area contributed by atoms with E-state index in [1.807, 2.05) is 6.92 Å². The highest BCUT2D eigenvalue weighted by atomic mass is 32.2. The molecular formula is C19H24F3N7OS. The lowest BCUT2D eigenvalue weighted by Crippen LogP contribution is -2.53. The van der Waals surface area contributed by atoms with Gasteiger partial charge in [-0.05, 0) is 43.7 Å². The number of hydrogen-bond donors (Lipinski definition) is 2. The van der Waals surface area contributed by atoms with Crippen LogP contribution in [0.25, 0.3) is 5.65 Å². The molecule has 1 saturated carbocycles. The Kier molecular flexibility index (Phi) is 5.37. The summed E-state index contributed by atoms with van der Waals surface area (Å²) < 4.78 is 48.5. The van der Waals surface area contributed by atoms with Crippen molar-refractivity contribution in [2.45, 2.75) is 43.9 Å². The van der Waals surface area contributed by atoms with Crippen molar-refractivity contribution in [1.29, 1.82) is 0 Å². The molecule has 0 aromatic carbocycles. The van der Waals surface area contributed by atoms with Gasteiger partial charge in [-0.15, -0.1) is 5.10 Å². The van der Waals surface area contributed by atoms with Crippen LogP contribution in [0.1, 0.15) is 26.2 Å². The minimum Gasteiger partial charge on any atom is -0.489 e. The summed E-state index contributed by atoms with van der Waals surface area (Å²) >= 11 is 1.58. The van der Waals surface area contributed by atoms with Crippen molar-refractivity contribution >= 4 is 29.4 Å². The number of nitrogens with zero attached hydrogens (tertiary/aromatic N) is 5. The number of pyridine rings is 1. The van der Waals surface area contributed by atoms with Crippen molar-refractivity contribution in [3.8, 4) is 5.75 Å². The molecule has 1 aliphatic carbocycles. The van der Waals surface area contributed by atoms with Gasteiger partial charge in [0.2, 0.25) is 5.95 Å². The van der Waals surface area contributed by atoms with Gasteiger partial charge in [0, 0.05) is 37.3 Å². The van der Waals surface area contributed by atoms with Crippen molar-refractivity contribution in [2.75, 3.05) is 25.0 Å². The second kappa shape index (κ2) is 8.05. The number of alkyl halides is 3. The maximum atomic E-state index is 12.4. The smallest absolute Gasteiger partial charge is 0.392 e. The van der Waals surface area contributed by atoms with Crippen LogP contribution in [0.15, 0.2) is 22.7 Å². The third kappa shape index (κ3) is 4.40. The normalized spacial score (nSPS) is 28.6. The quantitative estimate of drug-likeness (QED) is 0.648. The minimum absolute atomic E-state index is 0.203. The molecule has 2 N–H and O–H groups in total. The fraction of sp³-hybridized carbons (Fsp3) is 0.632. The third-order valence-corrected chi connectivity index (χ3v) is 7.08. The second-order valence-corrected chi connectivity index (χ2v) is 9.13. The average molecular weight is 456 g/mol. The fourth-order valence-corrected chi connectivity index (χ4v) is 5.53. The van der Waals surface area contributed by atoms with Gasteiger partial charge < -0.3 is 15.4 Å². The largest absolute Gasteiger partial charge is 0.489 e. The molecule has 2 fully saturated rings. The molecule has 12 heteroatoms. The first kappa shape index (κ1) is 20.7. The lowest BCUT2D eigenvalue weighted by Gasteiger charge is -2.40. The van der Waals surface area contributed by atoms with Crippen LogP contribution >= 0.6 is 11.9 Å². The minimum atomic E-state index is -4.25. The predicted molar refractivity (Wildman–Crippen MR) is 112 cm³/mol. The highest BCUT2D eigenvalue weighted by molar-refractivity contribution is 7.99. The summed E-state index contributed by atoms with van der Waals surface area (Å²) in [5, 5.41) is 11.4. The Bertz CT molecular complexity index is 967. The van der Waals surface area contributed by atoms with Gasteiger partial charge >= 0.3 is 6.18 Å². The number of ether oxygens (including phenoxy) is 1. The van der Waals surface area contributed by atoms with Crippen LogP contribution in [0.3, 0.4) is 0 Å². The van der Waals surface area contributed by atoms with Crippen LogP contribution in [-0.2, 0) is 0 Å². The molecule has 0 radical (unpaired) electrons. The summed E-state index contributed by atoms with van der Waals surface area (Å²) in [5.41, 5.74) is 0.616. The number of halogens is 3. The van der Waals surface area contributed by atoms with Crippen molar-refractivity contribution < 1.29 is 17.9 Å². The molecule has 2 aliphatic heterocycles. The number of nitrogens with one attached hydrogen (secondary N) is 2. The van der Waals surface area contributed by atoms with Gasteiger partial charge in [-0.3, -0.25) is 4.90 Å². The van der Waals surface area contributed by atoms with Crippen LogP contribution in [-0.4, -0.2) is 62.7 Å². The Morgan fingerprint density at radius 3 is 2.74 bits per heavy atom. The molecule has 0 spiro atoms. The standard InChI is InChI=1S/C19H24F3N7OS/c1-11-23-18(31-27-11)28-9-12-4-5-13(10-28)15(12)24-17-25-16-14(3-2-7-29(16)26-17)30-8-6-19(20,21)22/h2-3,7,12-13,15,18H,4-6,8-10H2,1H3,(H,23,27)(H,24,26)/t12-,13+,15-,18?. The summed E-state index contributed by atoms with van der Waals surface area (Å²) in [6, 6.07) is 3.58. The number of hydrogen-bond acceptors (Lipinski definition) is 8. The van der Waals surface area contributed by atoms with Gasteiger partial charge in [0.15, 0.2) is 16.9 Å². The summed E-state index contributed by atoms with van der Waals surface area (Å²) in [6.07, 6.45) is -1.25. The van der Waals surface area contributed by atoms with Crippen molar-refractivity contribution in [3.63, 3.8) is 0 Å². The maximum absolute atomic E-state index is 12.4. The first-order valence-electron chi connectivity index (χ1n) is 10.4. The van der Waals surface area contributed by atoms with Gasteiger partial charge in [-0.2, -0.15) is 18.2 Å². The molecule has 1 unspecified atom stereocenters. The van der Waals surface area contributed by atoms with E-state index in [4.69, 9.17) is 4.74 Å². The maximum Gasteiger partial charge on any atom is 0.392 e. The Balaban J connectivity index is 1.25. The lowest BCUT2D eigenvalue weighted by atomic mass is 9.92. The second-order valence-electron chi connectivity index (χ2n) is 8.29. The van der Waals surface area contributed by atoms with Crippen LogP contribution in [0.4, 0.5) is 19.1 Å². The van der Waals surface area contributed by atoms with Crippen LogP contribution in [0.2, 0.25) is 0 Å². The zero-order valence-electron chi connectivity index (χ0n) is 17.0. The highest BCUT2D eigenvalue weighted by Gasteiger charge is 2.44. The lowest BCUT2D eigenvalue weighted by molar-refractivity contribution is -0.139. The van der Waals surface area contributed by atoms with Gasteiger partial charge in [0.05, 0.1) is 13.0 Å². The topological polar surface area (TPSA) is 79.1 Å². The predicted octanol–water partition coefficient (Wildman–Crippen LogP) is 3.14. The van der Waals surface area contributed by atoms with Crippen molar-refractivity contribution in [3.05, 3.63) is 18.3 Å². The third-order valence-electron chi connectivity index (χ3n) is 6.08. The molecule has 2 aromatic heterocycles. The number of fused-ring (bicyclic) bond motifs is 3. The number of rotatable bonds is 6. The van der Waals surface area contributed by atoms with Crippen molar-refractivity contribution in [2.24, 2.45) is 16.2 Å². The zero-order chi connectivity index (χ0) is 21.6. The van der Waals surface area contributed by atoms with Crippen LogP contribution in [0.5, 0.6) is 5.75 Å². The highest BCUT2D eigenvalue weighted by Crippen LogP contribution is 2.40. The monoisotopic (exact) mass is 455 g/mol. The van der Waals surface area contributed by atoms with Gasteiger partial charge in [0.1, 0.15) is 5.84 Å². The molecular weight excluding hydrogens is 431 g/mol. The van der Waals surface area contributed by atoms with E-state index in [0.717, 1.165) is 31.8 Å². The molecule has 2 bridgehead atoms. The number of likely N-dealkylation sites (tertiary alicyclic amines) is 1. The van der Waals surface area contributed by atoms with E-state index in [2.05, 4.69) is 30.0 Å². The first-order chi connectivity index (χ1) is 14.9. The average Bonchev–Trinajstić information content (AvgIpc) is 3.37. The number of aromatic nitrogens is 3. The summed E-state index contributed by atoms with van der Waals surface area (Å²) in [6.45, 7) is 3.48. The number of amidine groups is 1. The molecule has 2 aromatic rings. The van der Waals surface area contributed by atoms with E-state index in [-0.39, 0.29) is 11.5 Å². The Morgan fingerprint density at radius 2 is 2.06 bits per heavy atom. The Labute approximate surface area is 181 Å². The van der Waals surface area contributed by atoms with Gasteiger partial charge in [-0.1, -0.05) is 0 Å². The molecule has 5 rings (SSSR count). The number of anilines is 1. The molecule has 168 valence electrons. The van der Waals surface area contributed by atoms with E-state index < -0.39 is 19.2 Å². The zero-order valence-corrected chi connectivity index (χ0v) is 17.8. The fourth-order valence-electron chi connectivity index (χ4n) is 4.69. The van der Waals surface area contributed by atoms with E-state index in [9.17, 15) is 13.2 Å². The van der Waals surface area contributed by atoms with Crippen LogP contribution < -0.4 is 15.4 Å². The van der Waals surface area contributed by atoms with E-state index in [1.165, 1.54) is 0 Å². The van der Waals surface area contributed by atoms with E-state index in [0.29, 0.717) is 29.2 Å². The van der Waals surface area contributed by atoms with Gasteiger partial charge in [-0.25, -0.2) is 8.91 Å². The molecule has 4 atom stereocenters. The molecule has 8 nitrogen and oxygen atoms in total.